The molecule has 1 aliphatic carbocycles. The van der Waals surface area contributed by atoms with Crippen LogP contribution in [0.5, 0.6) is 0 Å². The number of ketones is 1. The normalized spacial score (nSPS) is 14.3. The van der Waals surface area contributed by atoms with E-state index in [4.69, 9.17) is 5.73 Å². The molecule has 2 aromatic rings. The van der Waals surface area contributed by atoms with Crippen molar-refractivity contribution in [3.8, 4) is 0 Å². The van der Waals surface area contributed by atoms with Crippen molar-refractivity contribution in [1.29, 1.82) is 0 Å². The molecule has 0 aliphatic heterocycles. The van der Waals surface area contributed by atoms with Crippen molar-refractivity contribution < 1.29 is 18.4 Å². The first kappa shape index (κ1) is 16.7. The maximum absolute atomic E-state index is 14.0. The number of rotatable bonds is 4. The van der Waals surface area contributed by atoms with Crippen LogP contribution in [-0.2, 0) is 17.6 Å². The van der Waals surface area contributed by atoms with Crippen molar-refractivity contribution in [1.82, 2.24) is 0 Å². The number of aryl methyl sites for hydroxylation is 1. The molecule has 0 saturated heterocycles. The first-order valence-electron chi connectivity index (χ1n) is 7.59. The number of thiophene rings is 1. The van der Waals surface area contributed by atoms with Gasteiger partial charge in [-0.3, -0.25) is 9.59 Å². The lowest BCUT2D eigenvalue weighted by molar-refractivity contribution is -0.117. The maximum Gasteiger partial charge on any atom is 0.241 e. The third kappa shape index (κ3) is 2.85. The number of halogens is 2. The third-order valence-corrected chi connectivity index (χ3v) is 5.20. The molecule has 0 spiro atoms. The summed E-state index contributed by atoms with van der Waals surface area (Å²) in [5, 5.41) is 2.93. The van der Waals surface area contributed by atoms with Gasteiger partial charge in [0, 0.05) is 4.88 Å². The summed E-state index contributed by atoms with van der Waals surface area (Å²) in [6.45, 7) is 1.52. The molecule has 1 aromatic carbocycles. The van der Waals surface area contributed by atoms with Crippen LogP contribution in [-0.4, -0.2) is 17.7 Å². The highest BCUT2D eigenvalue weighted by Crippen LogP contribution is 2.40. The number of carbonyl (C=O) groups excluding carboxylic acids is 2. The van der Waals surface area contributed by atoms with Gasteiger partial charge in [0.25, 0.3) is 0 Å². The fraction of sp³-hybridized carbons (Fsp3) is 0.294. The highest BCUT2D eigenvalue weighted by atomic mass is 32.1. The molecule has 1 aromatic heterocycles. The smallest absolute Gasteiger partial charge is 0.241 e. The summed E-state index contributed by atoms with van der Waals surface area (Å²) < 4.78 is 28.0. The molecule has 1 heterocycles. The number of hydrogen-bond acceptors (Lipinski definition) is 4. The molecule has 1 amide bonds. The number of nitrogens with one attached hydrogen (secondary N) is 1. The average molecular weight is 350 g/mol. The van der Waals surface area contributed by atoms with Crippen molar-refractivity contribution in [3.63, 3.8) is 0 Å². The summed E-state index contributed by atoms with van der Waals surface area (Å²) in [6.07, 6.45) is 2.31. The first-order valence-corrected chi connectivity index (χ1v) is 8.41. The van der Waals surface area contributed by atoms with Crippen LogP contribution in [0.3, 0.4) is 0 Å². The lowest BCUT2D eigenvalue weighted by Crippen LogP contribution is -2.32. The fourth-order valence-electron chi connectivity index (χ4n) is 2.80. The molecule has 0 bridgehead atoms. The Balaban J connectivity index is 2.09. The summed E-state index contributed by atoms with van der Waals surface area (Å²) in [6, 6.07) is 2.54. The van der Waals surface area contributed by atoms with E-state index in [2.05, 4.69) is 5.32 Å². The fourth-order valence-corrected chi connectivity index (χ4v) is 4.09. The van der Waals surface area contributed by atoms with Crippen molar-refractivity contribution >= 4 is 28.0 Å². The monoisotopic (exact) mass is 350 g/mol. The number of hydrogen-bond donors (Lipinski definition) is 2. The van der Waals surface area contributed by atoms with Gasteiger partial charge in [-0.05, 0) is 43.9 Å². The zero-order chi connectivity index (χ0) is 17.4. The van der Waals surface area contributed by atoms with Crippen LogP contribution < -0.4 is 11.1 Å². The van der Waals surface area contributed by atoms with E-state index in [0.29, 0.717) is 11.4 Å². The minimum Gasteiger partial charge on any atom is -0.320 e. The van der Waals surface area contributed by atoms with Gasteiger partial charge in [-0.15, -0.1) is 11.3 Å². The third-order valence-electron chi connectivity index (χ3n) is 3.99. The Kier molecular flexibility index (Phi) is 4.47. The van der Waals surface area contributed by atoms with Gasteiger partial charge in [0.2, 0.25) is 11.7 Å². The number of fused-ring (bicyclic) bond motifs is 1. The van der Waals surface area contributed by atoms with E-state index in [1.807, 2.05) is 0 Å². The van der Waals surface area contributed by atoms with E-state index < -0.39 is 34.9 Å². The van der Waals surface area contributed by atoms with Gasteiger partial charge in [0.1, 0.15) is 16.6 Å². The highest BCUT2D eigenvalue weighted by Gasteiger charge is 2.31. The number of anilines is 1. The Morgan fingerprint density at radius 1 is 1.21 bits per heavy atom. The predicted molar refractivity (Wildman–Crippen MR) is 88.4 cm³/mol. The Bertz CT molecular complexity index is 810. The molecule has 3 rings (SSSR count). The summed E-state index contributed by atoms with van der Waals surface area (Å²) in [7, 11) is 0. The van der Waals surface area contributed by atoms with Gasteiger partial charge in [-0.2, -0.15) is 0 Å². The lowest BCUT2D eigenvalue weighted by Gasteiger charge is -2.10. The quantitative estimate of drug-likeness (QED) is 0.833. The maximum atomic E-state index is 14.0. The van der Waals surface area contributed by atoms with Crippen molar-refractivity contribution in [3.05, 3.63) is 51.4 Å². The number of nitrogens with two attached hydrogens (primary N) is 1. The van der Waals surface area contributed by atoms with Crippen LogP contribution in [0.2, 0.25) is 0 Å². The van der Waals surface area contributed by atoms with Crippen molar-refractivity contribution in [2.75, 3.05) is 5.32 Å². The molecule has 7 heteroatoms. The van der Waals surface area contributed by atoms with E-state index in [9.17, 15) is 18.4 Å². The molecule has 0 radical (unpaired) electrons. The van der Waals surface area contributed by atoms with Gasteiger partial charge in [0.15, 0.2) is 0 Å². The Morgan fingerprint density at radius 2 is 1.88 bits per heavy atom. The molecular weight excluding hydrogens is 334 g/mol. The SMILES string of the molecule is C[C@H](N)C(=O)Nc1sc2c(c1C(=O)c1c(F)cccc1F)CCC2. The minimum atomic E-state index is -0.914. The number of benzene rings is 1. The van der Waals surface area contributed by atoms with Crippen LogP contribution in [0.15, 0.2) is 18.2 Å². The van der Waals surface area contributed by atoms with E-state index in [0.717, 1.165) is 35.4 Å². The van der Waals surface area contributed by atoms with Gasteiger partial charge >= 0.3 is 0 Å². The Labute approximate surface area is 141 Å². The highest BCUT2D eigenvalue weighted by molar-refractivity contribution is 7.17. The second kappa shape index (κ2) is 6.41. The van der Waals surface area contributed by atoms with Gasteiger partial charge < -0.3 is 11.1 Å². The summed E-state index contributed by atoms with van der Waals surface area (Å²) in [5.74, 6) is -3.02. The number of carbonyl (C=O) groups is 2. The first-order chi connectivity index (χ1) is 11.4. The molecule has 126 valence electrons. The molecule has 0 fully saturated rings. The molecule has 0 saturated carbocycles. The van der Waals surface area contributed by atoms with Crippen molar-refractivity contribution in [2.45, 2.75) is 32.2 Å². The molecule has 4 nitrogen and oxygen atoms in total. The van der Waals surface area contributed by atoms with Crippen LogP contribution >= 0.6 is 11.3 Å². The minimum absolute atomic E-state index is 0.186. The summed E-state index contributed by atoms with van der Waals surface area (Å²) in [5.41, 5.74) is 5.91. The standard InChI is InChI=1S/C17H16F2N2O2S/c1-8(20)16(23)21-17-13(9-4-2-7-12(9)24-17)15(22)14-10(18)5-3-6-11(14)19/h3,5-6,8H,2,4,7,20H2,1H3,(H,21,23)/t8-/m0/s1. The van der Waals surface area contributed by atoms with Crippen LogP contribution in [0.4, 0.5) is 13.8 Å². The second-order valence-electron chi connectivity index (χ2n) is 5.77. The zero-order valence-electron chi connectivity index (χ0n) is 13.0. The molecule has 1 atom stereocenters. The Hall–Kier alpha value is -2.12. The average Bonchev–Trinajstić information content (AvgIpc) is 3.06. The molecule has 0 unspecified atom stereocenters. The van der Waals surface area contributed by atoms with E-state index in [1.165, 1.54) is 24.3 Å². The van der Waals surface area contributed by atoms with Crippen molar-refractivity contribution in [2.24, 2.45) is 5.73 Å². The largest absolute Gasteiger partial charge is 0.320 e. The Morgan fingerprint density at radius 3 is 2.50 bits per heavy atom. The van der Waals surface area contributed by atoms with Crippen LogP contribution in [0.1, 0.15) is 39.7 Å². The molecule has 3 N–H and O–H groups in total. The van der Waals surface area contributed by atoms with Gasteiger partial charge in [-0.25, -0.2) is 8.78 Å². The topological polar surface area (TPSA) is 72.2 Å². The van der Waals surface area contributed by atoms with Crippen LogP contribution in [0, 0.1) is 11.6 Å². The zero-order valence-corrected chi connectivity index (χ0v) is 13.8. The van der Waals surface area contributed by atoms with Gasteiger partial charge in [0.05, 0.1) is 17.2 Å². The summed E-state index contributed by atoms with van der Waals surface area (Å²) in [4.78, 5) is 25.7. The van der Waals surface area contributed by atoms with Crippen LogP contribution in [0.25, 0.3) is 0 Å². The second-order valence-corrected chi connectivity index (χ2v) is 6.87. The van der Waals surface area contributed by atoms with E-state index in [-0.39, 0.29) is 5.56 Å². The lowest BCUT2D eigenvalue weighted by atomic mass is 9.99. The summed E-state index contributed by atoms with van der Waals surface area (Å²) >= 11 is 1.28. The van der Waals surface area contributed by atoms with E-state index in [1.54, 1.807) is 0 Å². The van der Waals surface area contributed by atoms with Gasteiger partial charge in [-0.1, -0.05) is 6.07 Å². The molecular formula is C17H16F2N2O2S. The predicted octanol–water partition coefficient (Wildman–Crippen LogP) is 3.03. The number of amides is 1. The molecule has 24 heavy (non-hydrogen) atoms. The molecule has 1 aliphatic rings. The van der Waals surface area contributed by atoms with E-state index >= 15 is 0 Å².